The quantitative estimate of drug-likeness (QED) is 0.540. The number of unbranched alkanes of at least 4 members (excludes halogenated alkanes) is 1. The molecule has 2 nitrogen and oxygen atoms in total. The fourth-order valence-corrected chi connectivity index (χ4v) is 1.72. The van der Waals surface area contributed by atoms with Gasteiger partial charge in [0.15, 0.2) is 11.6 Å². The Morgan fingerprint density at radius 1 is 1.28 bits per heavy atom. The lowest BCUT2D eigenvalue weighted by Crippen LogP contribution is -2.02. The molecule has 0 spiro atoms. The van der Waals surface area contributed by atoms with Crippen LogP contribution in [0, 0.1) is 11.6 Å². The van der Waals surface area contributed by atoms with E-state index in [-0.39, 0.29) is 18.0 Å². The van der Waals surface area contributed by atoms with Crippen LogP contribution in [0.3, 0.4) is 0 Å². The average Bonchev–Trinajstić information content (AvgIpc) is 2.38. The minimum Gasteiger partial charge on any atom is -0.377 e. The maximum absolute atomic E-state index is 13.2. The Morgan fingerprint density at radius 3 is 2.78 bits per heavy atom. The van der Waals surface area contributed by atoms with E-state index in [9.17, 15) is 13.6 Å². The smallest absolute Gasteiger partial charge is 0.164 e. The van der Waals surface area contributed by atoms with E-state index in [0.29, 0.717) is 18.4 Å². The number of alkyl halides is 1. The molecule has 0 aliphatic carbocycles. The molecule has 18 heavy (non-hydrogen) atoms. The van der Waals surface area contributed by atoms with Crippen molar-refractivity contribution in [3.8, 4) is 0 Å². The lowest BCUT2D eigenvalue weighted by atomic mass is 10.2. The summed E-state index contributed by atoms with van der Waals surface area (Å²) < 4.78 is 31.3. The minimum absolute atomic E-state index is 0.0516. The second-order valence-corrected chi connectivity index (χ2v) is 4.46. The molecule has 0 fully saturated rings. The van der Waals surface area contributed by atoms with Gasteiger partial charge in [-0.3, -0.25) is 4.79 Å². The molecule has 1 rings (SSSR count). The molecule has 0 bridgehead atoms. The van der Waals surface area contributed by atoms with Crippen molar-refractivity contribution in [3.63, 3.8) is 0 Å². The second kappa shape index (κ2) is 8.32. The monoisotopic (exact) mass is 320 g/mol. The van der Waals surface area contributed by atoms with Gasteiger partial charge in [-0.05, 0) is 18.9 Å². The van der Waals surface area contributed by atoms with Crippen LogP contribution < -0.4 is 0 Å². The fraction of sp³-hybridized carbons (Fsp3) is 0.462. The SMILES string of the molecule is O=C(CBr)CCCCOCc1cccc(F)c1F. The van der Waals surface area contributed by atoms with Crippen molar-refractivity contribution < 1.29 is 18.3 Å². The number of carbonyl (C=O) groups excluding carboxylic acids is 1. The number of ketones is 1. The average molecular weight is 321 g/mol. The second-order valence-electron chi connectivity index (χ2n) is 3.89. The summed E-state index contributed by atoms with van der Waals surface area (Å²) in [7, 11) is 0. The van der Waals surface area contributed by atoms with E-state index in [1.165, 1.54) is 12.1 Å². The van der Waals surface area contributed by atoms with Crippen LogP contribution in [0.25, 0.3) is 0 Å². The molecule has 0 saturated heterocycles. The van der Waals surface area contributed by atoms with Gasteiger partial charge in [0.05, 0.1) is 11.9 Å². The first-order valence-corrected chi connectivity index (χ1v) is 6.85. The van der Waals surface area contributed by atoms with Crippen LogP contribution in [0.15, 0.2) is 18.2 Å². The van der Waals surface area contributed by atoms with Gasteiger partial charge in [0.2, 0.25) is 0 Å². The summed E-state index contributed by atoms with van der Waals surface area (Å²) in [6.45, 7) is 0.488. The van der Waals surface area contributed by atoms with Gasteiger partial charge in [0, 0.05) is 18.6 Å². The third-order valence-corrected chi connectivity index (χ3v) is 3.06. The highest BCUT2D eigenvalue weighted by Gasteiger charge is 2.07. The van der Waals surface area contributed by atoms with Crippen LogP contribution >= 0.6 is 15.9 Å². The molecule has 1 aromatic rings. The molecule has 0 heterocycles. The van der Waals surface area contributed by atoms with Gasteiger partial charge in [-0.15, -0.1) is 0 Å². The zero-order valence-electron chi connectivity index (χ0n) is 9.93. The van der Waals surface area contributed by atoms with Gasteiger partial charge in [0.25, 0.3) is 0 Å². The van der Waals surface area contributed by atoms with E-state index in [1.807, 2.05) is 0 Å². The highest BCUT2D eigenvalue weighted by atomic mass is 79.9. The molecule has 0 aliphatic heterocycles. The third kappa shape index (κ3) is 5.23. The van der Waals surface area contributed by atoms with E-state index in [1.54, 1.807) is 0 Å². The molecule has 0 aliphatic rings. The molecule has 1 aromatic carbocycles. The maximum atomic E-state index is 13.2. The number of hydrogen-bond donors (Lipinski definition) is 0. The predicted molar refractivity (Wildman–Crippen MR) is 68.7 cm³/mol. The number of hydrogen-bond acceptors (Lipinski definition) is 2. The van der Waals surface area contributed by atoms with Crippen molar-refractivity contribution in [1.82, 2.24) is 0 Å². The van der Waals surface area contributed by atoms with Gasteiger partial charge < -0.3 is 4.74 Å². The van der Waals surface area contributed by atoms with Gasteiger partial charge in [0.1, 0.15) is 5.78 Å². The molecule has 0 unspecified atom stereocenters. The van der Waals surface area contributed by atoms with Crippen molar-refractivity contribution in [3.05, 3.63) is 35.4 Å². The van der Waals surface area contributed by atoms with E-state index >= 15 is 0 Å². The maximum Gasteiger partial charge on any atom is 0.164 e. The van der Waals surface area contributed by atoms with E-state index in [2.05, 4.69) is 15.9 Å². The number of Topliss-reactive ketones (excluding diaryl/α,β-unsaturated/α-hetero) is 1. The van der Waals surface area contributed by atoms with Crippen LogP contribution in [0.1, 0.15) is 24.8 Å². The standard InChI is InChI=1S/C13H15BrF2O2/c14-8-11(17)5-1-2-7-18-9-10-4-3-6-12(15)13(10)16/h3-4,6H,1-2,5,7-9H2. The molecular formula is C13H15BrF2O2. The minimum atomic E-state index is -0.862. The summed E-state index contributed by atoms with van der Waals surface area (Å²) in [6.07, 6.45) is 1.99. The molecule has 0 amide bonds. The Kier molecular flexibility index (Phi) is 7.05. The van der Waals surface area contributed by atoms with Crippen LogP contribution in [0.4, 0.5) is 8.78 Å². The Labute approximate surface area is 113 Å². The summed E-state index contributed by atoms with van der Waals surface area (Å²) in [5.74, 6) is -1.56. The van der Waals surface area contributed by atoms with Gasteiger partial charge in [-0.1, -0.05) is 28.1 Å². The number of rotatable bonds is 8. The summed E-state index contributed by atoms with van der Waals surface area (Å²) >= 11 is 3.08. The molecule has 0 atom stereocenters. The van der Waals surface area contributed by atoms with Crippen molar-refractivity contribution in [2.24, 2.45) is 0 Å². The first-order chi connectivity index (χ1) is 8.65. The fourth-order valence-electron chi connectivity index (χ4n) is 1.44. The van der Waals surface area contributed by atoms with E-state index in [0.717, 1.165) is 18.9 Å². The highest BCUT2D eigenvalue weighted by Crippen LogP contribution is 2.12. The van der Waals surface area contributed by atoms with Crippen molar-refractivity contribution in [2.75, 3.05) is 11.9 Å². The third-order valence-electron chi connectivity index (χ3n) is 2.43. The number of carbonyl (C=O) groups is 1. The van der Waals surface area contributed by atoms with E-state index in [4.69, 9.17) is 4.74 Å². The Bertz CT molecular complexity index is 397. The summed E-state index contributed by atoms with van der Waals surface area (Å²) in [4.78, 5) is 11.0. The Hall–Kier alpha value is -0.810. The lowest BCUT2D eigenvalue weighted by molar-refractivity contribution is -0.116. The molecule has 5 heteroatoms. The van der Waals surface area contributed by atoms with Crippen LogP contribution in [0.5, 0.6) is 0 Å². The molecule has 0 aromatic heterocycles. The van der Waals surface area contributed by atoms with Crippen molar-refractivity contribution >= 4 is 21.7 Å². The zero-order valence-corrected chi connectivity index (χ0v) is 11.5. The molecule has 0 N–H and O–H groups in total. The molecule has 100 valence electrons. The predicted octanol–water partition coefficient (Wildman–Crippen LogP) is 3.62. The first kappa shape index (κ1) is 15.2. The summed E-state index contributed by atoms with van der Waals surface area (Å²) in [5.41, 5.74) is 0.214. The highest BCUT2D eigenvalue weighted by molar-refractivity contribution is 9.09. The summed E-state index contributed by atoms with van der Waals surface area (Å²) in [5, 5.41) is 0.377. The Balaban J connectivity index is 2.18. The zero-order chi connectivity index (χ0) is 13.4. The van der Waals surface area contributed by atoms with Crippen LogP contribution in [0.2, 0.25) is 0 Å². The van der Waals surface area contributed by atoms with Gasteiger partial charge in [-0.2, -0.15) is 0 Å². The van der Waals surface area contributed by atoms with Crippen molar-refractivity contribution in [2.45, 2.75) is 25.9 Å². The molecule has 0 radical (unpaired) electrons. The lowest BCUT2D eigenvalue weighted by Gasteiger charge is -2.05. The Morgan fingerprint density at radius 2 is 2.06 bits per heavy atom. The first-order valence-electron chi connectivity index (χ1n) is 5.73. The number of ether oxygens (including phenoxy) is 1. The molecule has 0 saturated carbocycles. The normalized spacial score (nSPS) is 10.6. The van der Waals surface area contributed by atoms with Crippen LogP contribution in [-0.2, 0) is 16.1 Å². The van der Waals surface area contributed by atoms with Gasteiger partial charge >= 0.3 is 0 Å². The summed E-state index contributed by atoms with van der Waals surface area (Å²) in [6, 6.07) is 4.02. The molecular weight excluding hydrogens is 306 g/mol. The largest absolute Gasteiger partial charge is 0.377 e. The van der Waals surface area contributed by atoms with Gasteiger partial charge in [-0.25, -0.2) is 8.78 Å². The van der Waals surface area contributed by atoms with E-state index < -0.39 is 11.6 Å². The van der Waals surface area contributed by atoms with Crippen molar-refractivity contribution in [1.29, 1.82) is 0 Å². The van der Waals surface area contributed by atoms with Crippen LogP contribution in [-0.4, -0.2) is 17.7 Å². The number of benzene rings is 1. The number of halogens is 3. The topological polar surface area (TPSA) is 26.3 Å².